The van der Waals surface area contributed by atoms with Crippen molar-refractivity contribution >= 4 is 5.82 Å². The highest BCUT2D eigenvalue weighted by Crippen LogP contribution is 2.27. The Balaban J connectivity index is 1.70. The molecule has 0 radical (unpaired) electrons. The number of nitriles is 1. The fourth-order valence-electron chi connectivity index (χ4n) is 3.32. The number of rotatable bonds is 5. The van der Waals surface area contributed by atoms with Crippen LogP contribution in [0.2, 0.25) is 0 Å². The van der Waals surface area contributed by atoms with Crippen molar-refractivity contribution in [2.24, 2.45) is 0 Å². The van der Waals surface area contributed by atoms with Gasteiger partial charge in [0.2, 0.25) is 0 Å². The maximum absolute atomic E-state index is 9.53. The third-order valence-corrected chi connectivity index (χ3v) is 5.10. The van der Waals surface area contributed by atoms with Gasteiger partial charge in [0.05, 0.1) is 19.9 Å². The number of hydrogen-bond donors (Lipinski definition) is 0. The van der Waals surface area contributed by atoms with Crippen molar-refractivity contribution < 1.29 is 9.47 Å². The van der Waals surface area contributed by atoms with Gasteiger partial charge in [0.25, 0.3) is 0 Å². The Kier molecular flexibility index (Phi) is 5.77. The summed E-state index contributed by atoms with van der Waals surface area (Å²) in [5.74, 6) is 2.39. The number of aryl methyl sites for hydroxylation is 1. The Hall–Kier alpha value is -2.85. The molecular weight excluding hydrogens is 342 g/mol. The van der Waals surface area contributed by atoms with Crippen LogP contribution < -0.4 is 14.4 Å². The molecule has 0 N–H and O–H groups in total. The normalized spacial score (nSPS) is 14.7. The summed E-state index contributed by atoms with van der Waals surface area (Å²) < 4.78 is 10.8. The van der Waals surface area contributed by atoms with Gasteiger partial charge in [-0.25, -0.2) is 0 Å². The lowest BCUT2D eigenvalue weighted by molar-refractivity contribution is 0.245. The van der Waals surface area contributed by atoms with Crippen LogP contribution in [0.25, 0.3) is 0 Å². The number of anilines is 1. The number of ether oxygens (including phenoxy) is 2. The van der Waals surface area contributed by atoms with Crippen molar-refractivity contribution in [2.45, 2.75) is 20.4 Å². The van der Waals surface area contributed by atoms with E-state index in [0.717, 1.165) is 61.0 Å². The summed E-state index contributed by atoms with van der Waals surface area (Å²) in [5, 5.41) is 18.0. The second-order valence-electron chi connectivity index (χ2n) is 6.66. The van der Waals surface area contributed by atoms with E-state index in [-0.39, 0.29) is 0 Å². The zero-order valence-electron chi connectivity index (χ0n) is 16.3. The predicted molar refractivity (Wildman–Crippen MR) is 103 cm³/mol. The zero-order valence-corrected chi connectivity index (χ0v) is 16.3. The molecule has 7 nitrogen and oxygen atoms in total. The summed E-state index contributed by atoms with van der Waals surface area (Å²) in [6.07, 6.45) is 0. The minimum absolute atomic E-state index is 0.630. The molecule has 1 saturated heterocycles. The molecule has 0 amide bonds. The molecule has 1 aliphatic heterocycles. The highest BCUT2D eigenvalue weighted by atomic mass is 16.5. The van der Waals surface area contributed by atoms with Crippen LogP contribution in [-0.2, 0) is 6.54 Å². The lowest BCUT2D eigenvalue weighted by Gasteiger charge is -2.35. The third-order valence-electron chi connectivity index (χ3n) is 5.10. The van der Waals surface area contributed by atoms with E-state index >= 15 is 0 Å². The van der Waals surface area contributed by atoms with Gasteiger partial charge in [-0.15, -0.1) is 5.10 Å². The monoisotopic (exact) mass is 367 g/mol. The van der Waals surface area contributed by atoms with E-state index in [1.165, 1.54) is 0 Å². The molecule has 7 heteroatoms. The third kappa shape index (κ3) is 3.96. The Bertz CT molecular complexity index is 854. The van der Waals surface area contributed by atoms with Crippen LogP contribution >= 0.6 is 0 Å². The molecule has 0 aliphatic carbocycles. The summed E-state index contributed by atoms with van der Waals surface area (Å²) in [4.78, 5) is 4.52. The number of piperazine rings is 1. The van der Waals surface area contributed by atoms with Crippen LogP contribution in [0, 0.1) is 25.2 Å². The van der Waals surface area contributed by atoms with E-state index in [2.05, 4.69) is 26.1 Å². The maximum Gasteiger partial charge on any atom is 0.169 e. The van der Waals surface area contributed by atoms with E-state index in [9.17, 15) is 5.26 Å². The Morgan fingerprint density at radius 2 is 1.81 bits per heavy atom. The summed E-state index contributed by atoms with van der Waals surface area (Å²) in [6, 6.07) is 8.16. The van der Waals surface area contributed by atoms with Gasteiger partial charge in [-0.1, -0.05) is 0 Å². The molecule has 1 aromatic carbocycles. The summed E-state index contributed by atoms with van der Waals surface area (Å²) in [5.41, 5.74) is 3.45. The van der Waals surface area contributed by atoms with Gasteiger partial charge in [0.15, 0.2) is 5.82 Å². The van der Waals surface area contributed by atoms with Crippen molar-refractivity contribution in [1.29, 1.82) is 5.26 Å². The minimum Gasteiger partial charge on any atom is -0.497 e. The van der Waals surface area contributed by atoms with Gasteiger partial charge in [0, 0.05) is 38.3 Å². The number of nitrogens with zero attached hydrogens (tertiary/aromatic N) is 5. The van der Waals surface area contributed by atoms with Gasteiger partial charge in [-0.3, -0.25) is 4.90 Å². The quantitative estimate of drug-likeness (QED) is 0.803. The molecule has 0 bridgehead atoms. The van der Waals surface area contributed by atoms with Crippen LogP contribution in [0.15, 0.2) is 18.2 Å². The molecule has 0 unspecified atom stereocenters. The number of benzene rings is 1. The number of aromatic nitrogens is 2. The van der Waals surface area contributed by atoms with Crippen molar-refractivity contribution in [3.05, 3.63) is 40.6 Å². The fourth-order valence-corrected chi connectivity index (χ4v) is 3.32. The lowest BCUT2D eigenvalue weighted by Crippen LogP contribution is -2.46. The standard InChI is InChI=1S/C20H25N5O2/c1-14-15(2)22-23-20(18(14)12-21)25-9-7-24(8-10-25)13-16-11-17(26-3)5-6-19(16)27-4/h5-6,11H,7-10,13H2,1-4H3. The second-order valence-corrected chi connectivity index (χ2v) is 6.66. The SMILES string of the molecule is COc1ccc(OC)c(CN2CCN(c3nnc(C)c(C)c3C#N)CC2)c1. The Labute approximate surface area is 160 Å². The highest BCUT2D eigenvalue weighted by molar-refractivity contribution is 5.57. The molecule has 1 aliphatic rings. The summed E-state index contributed by atoms with van der Waals surface area (Å²) in [6.45, 7) is 7.96. The van der Waals surface area contributed by atoms with Crippen molar-refractivity contribution in [3.63, 3.8) is 0 Å². The van der Waals surface area contributed by atoms with Crippen LogP contribution in [-0.4, -0.2) is 55.5 Å². The number of methoxy groups -OCH3 is 2. The summed E-state index contributed by atoms with van der Waals surface area (Å²) >= 11 is 0. The molecule has 0 saturated carbocycles. The first-order valence-corrected chi connectivity index (χ1v) is 8.99. The zero-order chi connectivity index (χ0) is 19.4. The first-order chi connectivity index (χ1) is 13.1. The summed E-state index contributed by atoms with van der Waals surface area (Å²) in [7, 11) is 3.35. The van der Waals surface area contributed by atoms with Gasteiger partial charge in [-0.05, 0) is 37.6 Å². The fraction of sp³-hybridized carbons (Fsp3) is 0.450. The molecule has 1 aromatic heterocycles. The van der Waals surface area contributed by atoms with E-state index in [1.807, 2.05) is 32.0 Å². The van der Waals surface area contributed by atoms with Crippen LogP contribution in [0.5, 0.6) is 11.5 Å². The largest absolute Gasteiger partial charge is 0.497 e. The smallest absolute Gasteiger partial charge is 0.169 e. The molecule has 2 aromatic rings. The first kappa shape index (κ1) is 18.9. The van der Waals surface area contributed by atoms with Gasteiger partial charge in [-0.2, -0.15) is 10.4 Å². The van der Waals surface area contributed by atoms with Gasteiger partial charge < -0.3 is 14.4 Å². The molecular formula is C20H25N5O2. The first-order valence-electron chi connectivity index (χ1n) is 8.99. The van der Waals surface area contributed by atoms with Crippen molar-refractivity contribution in [2.75, 3.05) is 45.3 Å². The van der Waals surface area contributed by atoms with Crippen LogP contribution in [0.1, 0.15) is 22.4 Å². The molecule has 1 fully saturated rings. The molecule has 0 spiro atoms. The Morgan fingerprint density at radius 1 is 1.07 bits per heavy atom. The van der Waals surface area contributed by atoms with Gasteiger partial charge >= 0.3 is 0 Å². The predicted octanol–water partition coefficient (Wildman–Crippen LogP) is 2.30. The van der Waals surface area contributed by atoms with Crippen LogP contribution in [0.3, 0.4) is 0 Å². The van der Waals surface area contributed by atoms with Crippen molar-refractivity contribution in [1.82, 2.24) is 15.1 Å². The van der Waals surface area contributed by atoms with Crippen LogP contribution in [0.4, 0.5) is 5.82 Å². The van der Waals surface area contributed by atoms with Gasteiger partial charge in [0.1, 0.15) is 23.1 Å². The molecule has 0 atom stereocenters. The van der Waals surface area contributed by atoms with E-state index < -0.39 is 0 Å². The molecule has 3 rings (SSSR count). The van der Waals surface area contributed by atoms with Crippen molar-refractivity contribution in [3.8, 4) is 17.6 Å². The average Bonchev–Trinajstić information content (AvgIpc) is 2.70. The minimum atomic E-state index is 0.630. The number of hydrogen-bond acceptors (Lipinski definition) is 7. The topological polar surface area (TPSA) is 74.5 Å². The van der Waals surface area contributed by atoms with E-state index in [4.69, 9.17) is 9.47 Å². The second kappa shape index (κ2) is 8.23. The lowest BCUT2D eigenvalue weighted by atomic mass is 10.1. The maximum atomic E-state index is 9.53. The highest BCUT2D eigenvalue weighted by Gasteiger charge is 2.23. The van der Waals surface area contributed by atoms with E-state index in [1.54, 1.807) is 14.2 Å². The average molecular weight is 367 g/mol. The molecule has 142 valence electrons. The molecule has 2 heterocycles. The Morgan fingerprint density at radius 3 is 2.44 bits per heavy atom. The molecule has 27 heavy (non-hydrogen) atoms. The van der Waals surface area contributed by atoms with E-state index in [0.29, 0.717) is 11.4 Å².